The van der Waals surface area contributed by atoms with Crippen molar-refractivity contribution in [2.75, 3.05) is 25.9 Å². The molecular formula is C18H24N2O. The Bertz CT molecular complexity index is 542. The predicted molar refractivity (Wildman–Crippen MR) is 88.1 cm³/mol. The number of nitrogens with two attached hydrogens (primary N) is 1. The Balaban J connectivity index is 1.77. The zero-order chi connectivity index (χ0) is 15.1. The highest BCUT2D eigenvalue weighted by Crippen LogP contribution is 2.20. The van der Waals surface area contributed by atoms with Crippen molar-refractivity contribution in [3.05, 3.63) is 65.7 Å². The lowest BCUT2D eigenvalue weighted by molar-refractivity contribution is 0.127. The fraction of sp³-hybridized carbons (Fsp3) is 0.333. The Morgan fingerprint density at radius 1 is 1.05 bits per heavy atom. The van der Waals surface area contributed by atoms with Crippen molar-refractivity contribution in [2.24, 2.45) is 0 Å². The summed E-state index contributed by atoms with van der Waals surface area (Å²) in [5.41, 5.74) is 8.72. The maximum absolute atomic E-state index is 10.3. The largest absolute Gasteiger partial charge is 0.398 e. The van der Waals surface area contributed by atoms with Gasteiger partial charge in [-0.15, -0.1) is 0 Å². The van der Waals surface area contributed by atoms with Crippen molar-refractivity contribution in [3.8, 4) is 0 Å². The van der Waals surface area contributed by atoms with E-state index in [4.69, 9.17) is 5.73 Å². The Kier molecular flexibility index (Phi) is 5.78. The summed E-state index contributed by atoms with van der Waals surface area (Å²) >= 11 is 0. The van der Waals surface area contributed by atoms with Gasteiger partial charge in [0.2, 0.25) is 0 Å². The molecular weight excluding hydrogens is 260 g/mol. The van der Waals surface area contributed by atoms with Crippen LogP contribution < -0.4 is 5.73 Å². The normalized spacial score (nSPS) is 12.5. The third kappa shape index (κ3) is 4.88. The van der Waals surface area contributed by atoms with Crippen LogP contribution in [-0.2, 0) is 6.42 Å². The molecule has 2 aromatic rings. The van der Waals surface area contributed by atoms with Crippen LogP contribution in [0.1, 0.15) is 23.7 Å². The molecule has 21 heavy (non-hydrogen) atoms. The van der Waals surface area contributed by atoms with Crippen LogP contribution in [0.15, 0.2) is 54.6 Å². The molecule has 2 aromatic carbocycles. The smallest absolute Gasteiger partial charge is 0.0936 e. The van der Waals surface area contributed by atoms with Crippen molar-refractivity contribution in [1.29, 1.82) is 0 Å². The molecule has 0 aromatic heterocycles. The van der Waals surface area contributed by atoms with Crippen LogP contribution in [0, 0.1) is 0 Å². The van der Waals surface area contributed by atoms with Crippen LogP contribution in [0.2, 0.25) is 0 Å². The van der Waals surface area contributed by atoms with Gasteiger partial charge in [-0.2, -0.15) is 0 Å². The van der Waals surface area contributed by atoms with E-state index < -0.39 is 6.10 Å². The Morgan fingerprint density at radius 3 is 2.43 bits per heavy atom. The first-order valence-corrected chi connectivity index (χ1v) is 7.42. The number of hydrogen-bond acceptors (Lipinski definition) is 3. The van der Waals surface area contributed by atoms with Crippen LogP contribution in [0.5, 0.6) is 0 Å². The van der Waals surface area contributed by atoms with Crippen LogP contribution in [0.25, 0.3) is 0 Å². The molecule has 3 heteroatoms. The third-order valence-corrected chi connectivity index (χ3v) is 3.69. The van der Waals surface area contributed by atoms with E-state index in [0.717, 1.165) is 24.9 Å². The van der Waals surface area contributed by atoms with Crippen LogP contribution in [0.3, 0.4) is 0 Å². The minimum absolute atomic E-state index is 0.534. The number of nitrogens with zero attached hydrogens (tertiary/aromatic N) is 1. The third-order valence-electron chi connectivity index (χ3n) is 3.69. The lowest BCUT2D eigenvalue weighted by Gasteiger charge is -2.21. The average molecular weight is 284 g/mol. The topological polar surface area (TPSA) is 49.5 Å². The predicted octanol–water partition coefficient (Wildman–Crippen LogP) is 2.87. The number of aliphatic hydroxyl groups is 1. The molecule has 3 N–H and O–H groups in total. The number of para-hydroxylation sites is 1. The second-order valence-electron chi connectivity index (χ2n) is 5.50. The van der Waals surface area contributed by atoms with Gasteiger partial charge in [0.15, 0.2) is 0 Å². The molecule has 0 aliphatic rings. The molecule has 0 spiro atoms. The van der Waals surface area contributed by atoms with E-state index >= 15 is 0 Å². The van der Waals surface area contributed by atoms with Gasteiger partial charge >= 0.3 is 0 Å². The molecule has 1 unspecified atom stereocenters. The highest BCUT2D eigenvalue weighted by atomic mass is 16.3. The zero-order valence-electron chi connectivity index (χ0n) is 12.6. The van der Waals surface area contributed by atoms with Gasteiger partial charge in [-0.1, -0.05) is 48.5 Å². The van der Waals surface area contributed by atoms with E-state index in [9.17, 15) is 5.11 Å². The number of aliphatic hydroxyl groups excluding tert-OH is 1. The fourth-order valence-corrected chi connectivity index (χ4v) is 2.50. The van der Waals surface area contributed by atoms with Gasteiger partial charge in [0.05, 0.1) is 6.10 Å². The molecule has 0 saturated heterocycles. The zero-order valence-corrected chi connectivity index (χ0v) is 12.6. The molecule has 0 aliphatic heterocycles. The minimum atomic E-state index is -0.534. The Morgan fingerprint density at radius 2 is 1.71 bits per heavy atom. The van der Waals surface area contributed by atoms with E-state index in [1.807, 2.05) is 37.4 Å². The van der Waals surface area contributed by atoms with Gasteiger partial charge < -0.3 is 15.7 Å². The summed E-state index contributed by atoms with van der Waals surface area (Å²) in [6, 6.07) is 18.0. The fourth-order valence-electron chi connectivity index (χ4n) is 2.50. The Hall–Kier alpha value is -1.84. The lowest BCUT2D eigenvalue weighted by atomic mass is 10.1. The highest BCUT2D eigenvalue weighted by Gasteiger charge is 2.12. The van der Waals surface area contributed by atoms with Crippen molar-refractivity contribution in [2.45, 2.75) is 18.9 Å². The van der Waals surface area contributed by atoms with Gasteiger partial charge in [-0.25, -0.2) is 0 Å². The van der Waals surface area contributed by atoms with Gasteiger partial charge in [0, 0.05) is 17.8 Å². The summed E-state index contributed by atoms with van der Waals surface area (Å²) in [6.45, 7) is 1.56. The number of hydrogen-bond donors (Lipinski definition) is 2. The van der Waals surface area contributed by atoms with Crippen LogP contribution >= 0.6 is 0 Å². The number of rotatable bonds is 7. The first kappa shape index (κ1) is 15.5. The number of likely N-dealkylation sites (N-methyl/N-ethyl adjacent to an activating group) is 1. The van der Waals surface area contributed by atoms with Gasteiger partial charge in [0.25, 0.3) is 0 Å². The number of aryl methyl sites for hydroxylation is 1. The Labute approximate surface area is 127 Å². The molecule has 112 valence electrons. The summed E-state index contributed by atoms with van der Waals surface area (Å²) in [5.74, 6) is 0. The summed E-state index contributed by atoms with van der Waals surface area (Å²) < 4.78 is 0. The van der Waals surface area contributed by atoms with E-state index in [2.05, 4.69) is 29.2 Å². The molecule has 1 atom stereocenters. The first-order valence-electron chi connectivity index (χ1n) is 7.42. The molecule has 0 bridgehead atoms. The van der Waals surface area contributed by atoms with Crippen LogP contribution in [0.4, 0.5) is 5.69 Å². The van der Waals surface area contributed by atoms with E-state index in [0.29, 0.717) is 12.2 Å². The summed E-state index contributed by atoms with van der Waals surface area (Å²) in [5, 5.41) is 10.3. The monoisotopic (exact) mass is 284 g/mol. The number of anilines is 1. The number of benzene rings is 2. The molecule has 0 aliphatic carbocycles. The second kappa shape index (κ2) is 7.81. The van der Waals surface area contributed by atoms with Gasteiger partial charge in [-0.05, 0) is 38.1 Å². The number of nitrogen functional groups attached to an aromatic ring is 1. The molecule has 0 radical (unpaired) electrons. The first-order chi connectivity index (χ1) is 10.2. The quantitative estimate of drug-likeness (QED) is 0.769. The van der Waals surface area contributed by atoms with Gasteiger partial charge in [-0.3, -0.25) is 0 Å². The lowest BCUT2D eigenvalue weighted by Crippen LogP contribution is -2.26. The maximum Gasteiger partial charge on any atom is 0.0936 e. The molecule has 0 fully saturated rings. The van der Waals surface area contributed by atoms with Gasteiger partial charge in [0.1, 0.15) is 0 Å². The van der Waals surface area contributed by atoms with E-state index in [-0.39, 0.29) is 0 Å². The average Bonchev–Trinajstić information content (AvgIpc) is 2.48. The maximum atomic E-state index is 10.3. The highest BCUT2D eigenvalue weighted by molar-refractivity contribution is 5.47. The minimum Gasteiger partial charge on any atom is -0.398 e. The molecule has 3 nitrogen and oxygen atoms in total. The molecule has 2 rings (SSSR count). The summed E-state index contributed by atoms with van der Waals surface area (Å²) in [6.07, 6.45) is 1.61. The molecule has 0 amide bonds. The van der Waals surface area contributed by atoms with E-state index in [1.165, 1.54) is 5.56 Å². The summed E-state index contributed by atoms with van der Waals surface area (Å²) in [7, 11) is 2.04. The summed E-state index contributed by atoms with van der Waals surface area (Å²) in [4.78, 5) is 2.15. The van der Waals surface area contributed by atoms with Crippen molar-refractivity contribution < 1.29 is 5.11 Å². The SMILES string of the molecule is CN(CCCc1ccccc1)CC(O)c1ccccc1N. The van der Waals surface area contributed by atoms with Crippen molar-refractivity contribution >= 4 is 5.69 Å². The van der Waals surface area contributed by atoms with Crippen LogP contribution in [-0.4, -0.2) is 30.1 Å². The van der Waals surface area contributed by atoms with E-state index in [1.54, 1.807) is 0 Å². The molecule has 0 saturated carbocycles. The van der Waals surface area contributed by atoms with Crippen molar-refractivity contribution in [3.63, 3.8) is 0 Å². The second-order valence-corrected chi connectivity index (χ2v) is 5.50. The van der Waals surface area contributed by atoms with Crippen molar-refractivity contribution in [1.82, 2.24) is 4.90 Å². The molecule has 0 heterocycles. The standard InChI is InChI=1S/C18H24N2O/c1-20(13-7-10-15-8-3-2-4-9-15)14-18(21)16-11-5-6-12-17(16)19/h2-6,8-9,11-12,18,21H,7,10,13-14,19H2,1H3.